The number of methoxy groups -OCH3 is 2. The molecule has 1 atom stereocenters. The van der Waals surface area contributed by atoms with Gasteiger partial charge in [-0.15, -0.1) is 21.5 Å². The molecule has 244 valence electrons. The first kappa shape index (κ1) is 32.4. The van der Waals surface area contributed by atoms with E-state index in [-0.39, 0.29) is 29.5 Å². The molecular formula is C33H29N7O6S2. The van der Waals surface area contributed by atoms with Gasteiger partial charge in [0, 0.05) is 35.4 Å². The number of hydrogen-bond donors (Lipinski definition) is 1. The number of nitro benzene ring substituents is 1. The van der Waals surface area contributed by atoms with Gasteiger partial charge in [0.15, 0.2) is 22.5 Å². The zero-order valence-corrected chi connectivity index (χ0v) is 27.4. The van der Waals surface area contributed by atoms with Crippen LogP contribution in [0.15, 0.2) is 101 Å². The van der Waals surface area contributed by atoms with Crippen molar-refractivity contribution in [1.29, 1.82) is 0 Å². The van der Waals surface area contributed by atoms with E-state index in [4.69, 9.17) is 14.6 Å². The quantitative estimate of drug-likeness (QED) is 0.0998. The molecule has 6 rings (SSSR count). The fourth-order valence-corrected chi connectivity index (χ4v) is 6.83. The number of carbonyl (C=O) groups excluding carboxylic acids is 2. The van der Waals surface area contributed by atoms with Crippen LogP contribution in [-0.4, -0.2) is 62.2 Å². The van der Waals surface area contributed by atoms with E-state index >= 15 is 0 Å². The third kappa shape index (κ3) is 6.77. The Labute approximate surface area is 283 Å². The van der Waals surface area contributed by atoms with Crippen molar-refractivity contribution in [2.24, 2.45) is 5.10 Å². The van der Waals surface area contributed by atoms with E-state index in [0.717, 1.165) is 21.8 Å². The van der Waals surface area contributed by atoms with Gasteiger partial charge in [0.05, 0.1) is 48.1 Å². The summed E-state index contributed by atoms with van der Waals surface area (Å²) < 4.78 is 13.0. The highest BCUT2D eigenvalue weighted by Crippen LogP contribution is 2.42. The van der Waals surface area contributed by atoms with Crippen molar-refractivity contribution in [3.8, 4) is 17.2 Å². The van der Waals surface area contributed by atoms with Crippen LogP contribution in [0.1, 0.15) is 39.1 Å². The Balaban J connectivity index is 1.23. The van der Waals surface area contributed by atoms with Gasteiger partial charge in [-0.25, -0.2) is 5.01 Å². The molecule has 15 heteroatoms. The first-order chi connectivity index (χ1) is 23.4. The van der Waals surface area contributed by atoms with E-state index in [1.54, 1.807) is 30.1 Å². The lowest BCUT2D eigenvalue weighted by atomic mass is 9.99. The molecule has 3 aromatic carbocycles. The molecule has 0 aliphatic carbocycles. The molecule has 1 aliphatic heterocycles. The number of benzene rings is 3. The van der Waals surface area contributed by atoms with Crippen LogP contribution in [0, 0.1) is 10.1 Å². The molecule has 48 heavy (non-hydrogen) atoms. The molecule has 3 heterocycles. The minimum absolute atomic E-state index is 0.00409. The van der Waals surface area contributed by atoms with Crippen LogP contribution in [0.5, 0.6) is 11.5 Å². The number of nitro groups is 1. The lowest BCUT2D eigenvalue weighted by Crippen LogP contribution is -2.29. The number of hydrogen-bond acceptors (Lipinski definition) is 11. The smallest absolute Gasteiger partial charge is 0.269 e. The van der Waals surface area contributed by atoms with Gasteiger partial charge in [0.1, 0.15) is 0 Å². The zero-order chi connectivity index (χ0) is 33.6. The second kappa shape index (κ2) is 14.5. The van der Waals surface area contributed by atoms with E-state index in [1.807, 2.05) is 66.0 Å². The molecule has 13 nitrogen and oxygen atoms in total. The van der Waals surface area contributed by atoms with Crippen LogP contribution in [0.3, 0.4) is 0 Å². The van der Waals surface area contributed by atoms with Crippen molar-refractivity contribution in [2.75, 3.05) is 20.0 Å². The molecule has 0 unspecified atom stereocenters. The van der Waals surface area contributed by atoms with E-state index < -0.39 is 16.9 Å². The van der Waals surface area contributed by atoms with E-state index in [1.165, 1.54) is 41.0 Å². The Morgan fingerprint density at radius 1 is 1.00 bits per heavy atom. The van der Waals surface area contributed by atoms with E-state index in [2.05, 4.69) is 15.5 Å². The van der Waals surface area contributed by atoms with E-state index in [9.17, 15) is 19.7 Å². The third-order valence-electron chi connectivity index (χ3n) is 7.55. The fraction of sp³-hybridized carbons (Fsp3) is 0.182. The minimum atomic E-state index is -0.525. The molecule has 2 amide bonds. The predicted molar refractivity (Wildman–Crippen MR) is 181 cm³/mol. The average Bonchev–Trinajstić information content (AvgIpc) is 3.90. The molecule has 0 fully saturated rings. The number of non-ortho nitro benzene ring substituents is 1. The van der Waals surface area contributed by atoms with Crippen LogP contribution >= 0.6 is 23.1 Å². The minimum Gasteiger partial charge on any atom is -0.493 e. The summed E-state index contributed by atoms with van der Waals surface area (Å²) in [6.07, 6.45) is 0.499. The lowest BCUT2D eigenvalue weighted by Gasteiger charge is -2.24. The Bertz CT molecular complexity index is 1960. The van der Waals surface area contributed by atoms with E-state index in [0.29, 0.717) is 28.9 Å². The van der Waals surface area contributed by atoms with Crippen LogP contribution < -0.4 is 14.8 Å². The molecular weight excluding hydrogens is 655 g/mol. The van der Waals surface area contributed by atoms with Gasteiger partial charge in [0.2, 0.25) is 0 Å². The summed E-state index contributed by atoms with van der Waals surface area (Å²) in [6, 6.07) is 23.8. The Kier molecular flexibility index (Phi) is 9.78. The molecule has 1 N–H and O–H groups in total. The molecule has 1 aliphatic rings. The zero-order valence-electron chi connectivity index (χ0n) is 25.8. The predicted octanol–water partition coefficient (Wildman–Crippen LogP) is 5.65. The Morgan fingerprint density at radius 2 is 1.79 bits per heavy atom. The fourth-order valence-electron chi connectivity index (χ4n) is 5.28. The van der Waals surface area contributed by atoms with Crippen LogP contribution in [0.4, 0.5) is 5.69 Å². The second-order valence-electron chi connectivity index (χ2n) is 10.4. The van der Waals surface area contributed by atoms with Crippen molar-refractivity contribution < 1.29 is 24.0 Å². The molecule has 0 saturated heterocycles. The van der Waals surface area contributed by atoms with Gasteiger partial charge in [-0.05, 0) is 41.8 Å². The second-order valence-corrected chi connectivity index (χ2v) is 12.3. The van der Waals surface area contributed by atoms with Gasteiger partial charge in [-0.2, -0.15) is 5.10 Å². The maximum Gasteiger partial charge on any atom is 0.269 e. The van der Waals surface area contributed by atoms with Gasteiger partial charge >= 0.3 is 0 Å². The number of rotatable bonds is 12. The van der Waals surface area contributed by atoms with Gasteiger partial charge in [-0.1, -0.05) is 48.2 Å². The number of nitrogens with zero attached hydrogens (tertiary/aromatic N) is 6. The van der Waals surface area contributed by atoms with Crippen LogP contribution in [-0.2, 0) is 11.3 Å². The number of nitrogens with one attached hydrogen (secondary N) is 1. The lowest BCUT2D eigenvalue weighted by molar-refractivity contribution is -0.384. The average molecular weight is 684 g/mol. The monoisotopic (exact) mass is 683 g/mol. The first-order valence-electron chi connectivity index (χ1n) is 14.7. The van der Waals surface area contributed by atoms with Gasteiger partial charge in [-0.3, -0.25) is 24.3 Å². The number of para-hydroxylation sites is 2. The van der Waals surface area contributed by atoms with Crippen molar-refractivity contribution >= 4 is 46.3 Å². The highest BCUT2D eigenvalue weighted by atomic mass is 32.2. The number of carbonyl (C=O) groups is 2. The summed E-state index contributed by atoms with van der Waals surface area (Å²) in [4.78, 5) is 38.2. The summed E-state index contributed by atoms with van der Waals surface area (Å²) >= 11 is 2.76. The van der Waals surface area contributed by atoms with Crippen LogP contribution in [0.25, 0.3) is 5.69 Å². The summed E-state index contributed by atoms with van der Waals surface area (Å²) in [7, 11) is 3.14. The Hall–Kier alpha value is -5.54. The summed E-state index contributed by atoms with van der Waals surface area (Å²) in [5, 5.41) is 31.2. The number of thioether (sulfide) groups is 1. The first-order valence-corrected chi connectivity index (χ1v) is 16.5. The largest absolute Gasteiger partial charge is 0.493 e. The van der Waals surface area contributed by atoms with Gasteiger partial charge in [0.25, 0.3) is 17.5 Å². The topological polar surface area (TPSA) is 154 Å². The maximum absolute atomic E-state index is 13.9. The highest BCUT2D eigenvalue weighted by molar-refractivity contribution is 7.99. The number of hydrazone groups is 1. The van der Waals surface area contributed by atoms with Crippen molar-refractivity contribution in [2.45, 2.75) is 24.2 Å². The molecule has 0 radical (unpaired) electrons. The Morgan fingerprint density at radius 3 is 2.48 bits per heavy atom. The SMILES string of the molecule is COc1cccc([C@H]2CC(c3cccs3)=NN2C(=O)CSc2nnc(CNC(=O)c3ccc([N+](=O)[O-])cc3)n2-c2ccccc2)c1OC. The third-order valence-corrected chi connectivity index (χ3v) is 9.38. The molecule has 5 aromatic rings. The summed E-state index contributed by atoms with van der Waals surface area (Å²) in [5.41, 5.74) is 2.49. The standard InChI is InChI=1S/C33H29N7O6S2/c1-45-27-11-6-10-24(31(27)46-2)26-18-25(28-12-7-17-47-28)37-39(26)30(41)20-48-33-36-35-29(38(33)22-8-4-3-5-9-22)19-34-32(42)21-13-15-23(16-14-21)40(43)44/h3-17,26H,18-20H2,1-2H3,(H,34,42)/t26-/m1/s1. The number of thiophene rings is 1. The normalized spacial score (nSPS) is 14.0. The highest BCUT2D eigenvalue weighted by Gasteiger charge is 2.36. The molecule has 2 aromatic heterocycles. The maximum atomic E-state index is 13.9. The van der Waals surface area contributed by atoms with Crippen LogP contribution in [0.2, 0.25) is 0 Å². The van der Waals surface area contributed by atoms with Crippen molar-refractivity contribution in [3.63, 3.8) is 0 Å². The summed E-state index contributed by atoms with van der Waals surface area (Å²) in [6.45, 7) is 0.0184. The molecule has 0 bridgehead atoms. The molecule has 0 saturated carbocycles. The number of ether oxygens (including phenoxy) is 2. The number of amides is 2. The molecule has 0 spiro atoms. The number of aromatic nitrogens is 3. The van der Waals surface area contributed by atoms with Crippen molar-refractivity contribution in [1.82, 2.24) is 25.1 Å². The van der Waals surface area contributed by atoms with Gasteiger partial charge < -0.3 is 14.8 Å². The van der Waals surface area contributed by atoms with Crippen molar-refractivity contribution in [3.05, 3.63) is 122 Å². The summed E-state index contributed by atoms with van der Waals surface area (Å²) in [5.74, 6) is 0.878.